The number of amides is 3. The summed E-state index contributed by atoms with van der Waals surface area (Å²) in [6.07, 6.45) is 0.718. The zero-order valence-corrected chi connectivity index (χ0v) is 32.4. The van der Waals surface area contributed by atoms with Crippen LogP contribution in [0.25, 0.3) is 21.8 Å². The predicted molar refractivity (Wildman–Crippen MR) is 214 cm³/mol. The molecule has 14 nitrogen and oxygen atoms in total. The van der Waals surface area contributed by atoms with E-state index in [-0.39, 0.29) is 47.9 Å². The Labute approximate surface area is 348 Å². The Bertz CT molecular complexity index is 2900. The number of aromatic nitrogens is 2. The van der Waals surface area contributed by atoms with Crippen LogP contribution in [0.5, 0.6) is 23.0 Å². The summed E-state index contributed by atoms with van der Waals surface area (Å²) in [7, 11) is 2.94. The molecular weight excluding hydrogens is 778 g/mol. The number of halogens is 1. The van der Waals surface area contributed by atoms with Crippen molar-refractivity contribution in [2.45, 2.75) is 37.0 Å². The number of ether oxygens (including phenoxy) is 5. The highest BCUT2D eigenvalue weighted by molar-refractivity contribution is 6.27. The van der Waals surface area contributed by atoms with Gasteiger partial charge in [0.1, 0.15) is 23.4 Å². The van der Waals surface area contributed by atoms with Gasteiger partial charge in [0.2, 0.25) is 31.2 Å². The number of fused-ring (bicyclic) bond motifs is 9. The summed E-state index contributed by atoms with van der Waals surface area (Å²) in [4.78, 5) is 63.4. The maximum absolute atomic E-state index is 13.1. The van der Waals surface area contributed by atoms with Crippen LogP contribution in [0.3, 0.4) is 0 Å². The molecule has 7 heterocycles. The number of para-hydroxylation sites is 2. The molecule has 11 rings (SSSR count). The summed E-state index contributed by atoms with van der Waals surface area (Å²) in [6, 6.07) is 23.0. The third kappa shape index (κ3) is 5.91. The zero-order chi connectivity index (χ0) is 44.1. The first-order valence-corrected chi connectivity index (χ1v) is 19.4. The summed E-state index contributed by atoms with van der Waals surface area (Å²) in [5, 5.41) is 1.99. The van der Waals surface area contributed by atoms with Crippen LogP contribution in [-0.4, -0.2) is 101 Å². The number of carbonyl (C=O) groups excluding carboxylic acids is 4. The summed E-state index contributed by atoms with van der Waals surface area (Å²) >= 11 is 5.94. The number of H-pyrrole nitrogens is 2. The highest BCUT2D eigenvalue weighted by atomic mass is 35.5. The Hall–Kier alpha value is -6.67. The molecule has 300 valence electrons. The Kier molecular flexibility index (Phi) is 7.83. The standard InChI is InChI=1S/C22H19ClN2O5.C22H19N3O4/c1-28-22(27)16-9-14-13-4-2-3-5-15(13)24-20(14)21(25(16)19(26)10-23)12-6-7-17-18(8-12)30-11-29-17;1-24-10-19(26)25-16(22(24)27)9-14-13-4-2-3-5-15(13)23-20(14)21(25)12-6-7-17-18(8-12)29-11-28-17/h2-8,16,21,24H,9-11H2,1H3;2-8,16,21,23H,9-11H2,1H3/t2*16-,21-/m11/s1/i2*11D2. The lowest BCUT2D eigenvalue weighted by Gasteiger charge is -2.46. The lowest BCUT2D eigenvalue weighted by molar-refractivity contribution is -0.157. The molecule has 15 heteroatoms. The Balaban J connectivity index is 0.000000150. The molecule has 0 radical (unpaired) electrons. The first-order chi connectivity index (χ1) is 30.1. The van der Waals surface area contributed by atoms with Gasteiger partial charge in [-0.15, -0.1) is 11.6 Å². The maximum Gasteiger partial charge on any atom is 0.328 e. The first kappa shape index (κ1) is 32.3. The van der Waals surface area contributed by atoms with Crippen LogP contribution < -0.4 is 18.9 Å². The van der Waals surface area contributed by atoms with Crippen molar-refractivity contribution in [3.63, 3.8) is 0 Å². The summed E-state index contributed by atoms with van der Waals surface area (Å²) in [5.74, 6) is -0.450. The second-order valence-electron chi connectivity index (χ2n) is 14.8. The molecule has 5 aliphatic rings. The highest BCUT2D eigenvalue weighted by Gasteiger charge is 2.48. The average molecular weight is 820 g/mol. The fourth-order valence-corrected chi connectivity index (χ4v) is 9.16. The van der Waals surface area contributed by atoms with E-state index in [1.165, 1.54) is 16.9 Å². The van der Waals surface area contributed by atoms with Crippen molar-refractivity contribution in [1.82, 2.24) is 24.7 Å². The van der Waals surface area contributed by atoms with Crippen molar-refractivity contribution >= 4 is 57.1 Å². The molecule has 0 aliphatic carbocycles. The fraction of sp³-hybridized carbons (Fsp3) is 0.273. The van der Waals surface area contributed by atoms with Crippen LogP contribution in [-0.2, 0) is 36.8 Å². The van der Waals surface area contributed by atoms with Gasteiger partial charge in [0, 0.05) is 53.1 Å². The quantitative estimate of drug-likeness (QED) is 0.177. The van der Waals surface area contributed by atoms with Crippen molar-refractivity contribution in [2.24, 2.45) is 0 Å². The van der Waals surface area contributed by atoms with E-state index in [2.05, 4.69) is 9.97 Å². The van der Waals surface area contributed by atoms with Crippen molar-refractivity contribution in [3.8, 4) is 23.0 Å². The smallest absolute Gasteiger partial charge is 0.328 e. The van der Waals surface area contributed by atoms with Crippen molar-refractivity contribution in [2.75, 3.05) is 40.1 Å². The molecule has 1 saturated heterocycles. The number of rotatable bonds is 4. The molecule has 59 heavy (non-hydrogen) atoms. The summed E-state index contributed by atoms with van der Waals surface area (Å²) in [6.45, 7) is -4.49. The van der Waals surface area contributed by atoms with Gasteiger partial charge in [-0.05, 0) is 58.7 Å². The fourth-order valence-electron chi connectivity index (χ4n) is 9.02. The van der Waals surface area contributed by atoms with Gasteiger partial charge >= 0.3 is 5.97 Å². The number of nitrogens with zero attached hydrogens (tertiary/aromatic N) is 3. The minimum absolute atomic E-state index is 0.0223. The van der Waals surface area contributed by atoms with Gasteiger partial charge in [-0.1, -0.05) is 48.5 Å². The molecule has 0 saturated carbocycles. The SMILES string of the molecule is [2H]C1([2H])Oc2ccc([C@@H]3c4[nH]c5ccccc5c4C[C@@H]4C(=O)N(C)CC(=O)N34)cc2O1.[2H]C1([2H])Oc2ccc([C@@H]3c4[nH]c5ccccc5c4C[C@H](C(=O)OC)N3C(=O)CCl)cc2O1. The van der Waals surface area contributed by atoms with E-state index in [9.17, 15) is 19.2 Å². The maximum atomic E-state index is 13.1. The normalized spacial score (nSPS) is 23.9. The number of piperazine rings is 1. The van der Waals surface area contributed by atoms with E-state index in [0.29, 0.717) is 17.7 Å². The molecule has 5 aliphatic heterocycles. The number of hydrogen-bond acceptors (Lipinski definition) is 9. The van der Waals surface area contributed by atoms with Gasteiger partial charge in [-0.25, -0.2) is 4.79 Å². The number of benzene rings is 4. The largest absolute Gasteiger partial charge is 0.467 e. The first-order valence-electron chi connectivity index (χ1n) is 20.9. The van der Waals surface area contributed by atoms with Crippen LogP contribution >= 0.6 is 11.6 Å². The molecule has 4 aromatic carbocycles. The van der Waals surface area contributed by atoms with Gasteiger partial charge in [0.15, 0.2) is 23.0 Å². The zero-order valence-electron chi connectivity index (χ0n) is 35.6. The Morgan fingerprint density at radius 1 is 0.780 bits per heavy atom. The molecule has 0 spiro atoms. The minimum Gasteiger partial charge on any atom is -0.467 e. The van der Waals surface area contributed by atoms with E-state index < -0.39 is 49.5 Å². The number of aromatic amines is 2. The number of alkyl halides is 1. The molecule has 1 fully saturated rings. The summed E-state index contributed by atoms with van der Waals surface area (Å²) < 4.78 is 56.7. The molecule has 3 amide bonds. The van der Waals surface area contributed by atoms with Crippen molar-refractivity contribution in [1.29, 1.82) is 0 Å². The highest BCUT2D eigenvalue weighted by Crippen LogP contribution is 2.46. The van der Waals surface area contributed by atoms with Crippen LogP contribution in [0, 0.1) is 0 Å². The second-order valence-corrected chi connectivity index (χ2v) is 15.1. The van der Waals surface area contributed by atoms with Crippen molar-refractivity contribution in [3.05, 3.63) is 119 Å². The lowest BCUT2D eigenvalue weighted by atomic mass is 9.86. The van der Waals surface area contributed by atoms with Crippen LogP contribution in [0.2, 0.25) is 0 Å². The second kappa shape index (κ2) is 14.3. The van der Waals surface area contributed by atoms with Crippen molar-refractivity contribution < 1.29 is 48.3 Å². The number of esters is 1. The van der Waals surface area contributed by atoms with Crippen LogP contribution in [0.15, 0.2) is 84.9 Å². The molecular formula is C44H38ClN5O9. The average Bonchev–Trinajstić information content (AvgIpc) is 4.00. The van der Waals surface area contributed by atoms with Gasteiger partial charge in [-0.3, -0.25) is 14.4 Å². The van der Waals surface area contributed by atoms with E-state index in [0.717, 1.165) is 49.9 Å². The van der Waals surface area contributed by atoms with Gasteiger partial charge in [0.05, 0.1) is 25.7 Å². The van der Waals surface area contributed by atoms with Gasteiger partial charge in [0.25, 0.3) is 0 Å². The molecule has 2 N–H and O–H groups in total. The van der Waals surface area contributed by atoms with Gasteiger partial charge < -0.3 is 48.4 Å². The Morgan fingerprint density at radius 3 is 1.92 bits per heavy atom. The number of hydrogen-bond donors (Lipinski definition) is 2. The number of carbonyl (C=O) groups is 4. The third-order valence-corrected chi connectivity index (χ3v) is 11.9. The topological polar surface area (TPSA) is 156 Å². The van der Waals surface area contributed by atoms with Gasteiger partial charge in [-0.2, -0.15) is 0 Å². The van der Waals surface area contributed by atoms with E-state index in [4.69, 9.17) is 40.8 Å². The third-order valence-electron chi connectivity index (χ3n) is 11.6. The lowest BCUT2D eigenvalue weighted by Crippen LogP contribution is -2.62. The number of nitrogens with one attached hydrogen (secondary N) is 2. The van der Waals surface area contributed by atoms with Crippen LogP contribution in [0.4, 0.5) is 0 Å². The Morgan fingerprint density at radius 2 is 1.32 bits per heavy atom. The summed E-state index contributed by atoms with van der Waals surface area (Å²) in [5.41, 5.74) is 6.72. The molecule has 0 bridgehead atoms. The molecule has 2 aromatic heterocycles. The minimum atomic E-state index is -2.28. The monoisotopic (exact) mass is 819 g/mol. The molecule has 4 atom stereocenters. The predicted octanol–water partition coefficient (Wildman–Crippen LogP) is 5.36. The molecule has 6 aromatic rings. The van der Waals surface area contributed by atoms with E-state index >= 15 is 0 Å². The van der Waals surface area contributed by atoms with E-state index in [1.807, 2.05) is 48.5 Å². The van der Waals surface area contributed by atoms with Crippen LogP contribution in [0.1, 0.15) is 51.2 Å². The molecule has 0 unspecified atom stereocenters. The van der Waals surface area contributed by atoms with E-state index in [1.54, 1.807) is 48.3 Å². The number of methoxy groups -OCH3 is 1. The number of likely N-dealkylation sites (N-methyl/N-ethyl adjacent to an activating group) is 1.